The van der Waals surface area contributed by atoms with Crippen LogP contribution < -0.4 is 5.32 Å². The first-order chi connectivity index (χ1) is 8.53. The van der Waals surface area contributed by atoms with Gasteiger partial charge < -0.3 is 19.6 Å². The van der Waals surface area contributed by atoms with E-state index >= 15 is 0 Å². The van der Waals surface area contributed by atoms with Crippen LogP contribution in [0.5, 0.6) is 0 Å². The monoisotopic (exact) mass is 253 g/mol. The number of hydrogen-bond donors (Lipinski definition) is 2. The maximum atomic E-state index is 11.5. The Morgan fingerprint density at radius 1 is 1.67 bits per heavy atom. The lowest BCUT2D eigenvalue weighted by Crippen LogP contribution is -2.40. The van der Waals surface area contributed by atoms with Gasteiger partial charge in [-0.2, -0.15) is 0 Å². The molecular weight excluding hydrogens is 234 g/mol. The zero-order chi connectivity index (χ0) is 13.4. The van der Waals surface area contributed by atoms with Crippen LogP contribution in [0.3, 0.4) is 0 Å². The van der Waals surface area contributed by atoms with Gasteiger partial charge in [-0.15, -0.1) is 0 Å². The minimum absolute atomic E-state index is 0.178. The highest BCUT2D eigenvalue weighted by Gasteiger charge is 2.20. The third-order valence-electron chi connectivity index (χ3n) is 2.43. The summed E-state index contributed by atoms with van der Waals surface area (Å²) in [5.41, 5.74) is -0.968. The van der Waals surface area contributed by atoms with Crippen molar-refractivity contribution < 1.29 is 19.1 Å². The van der Waals surface area contributed by atoms with Gasteiger partial charge in [0.1, 0.15) is 5.76 Å². The molecule has 1 amide bonds. The fraction of sp³-hybridized carbons (Fsp3) is 0.462. The summed E-state index contributed by atoms with van der Waals surface area (Å²) < 4.78 is 9.93. The Labute approximate surface area is 106 Å². The van der Waals surface area contributed by atoms with Crippen LogP contribution in [0.4, 0.5) is 0 Å². The molecule has 0 saturated carbocycles. The van der Waals surface area contributed by atoms with Gasteiger partial charge in [-0.1, -0.05) is 0 Å². The van der Waals surface area contributed by atoms with Crippen molar-refractivity contribution in [3.63, 3.8) is 0 Å². The molecule has 1 aromatic rings. The van der Waals surface area contributed by atoms with E-state index in [2.05, 4.69) is 5.32 Å². The number of nitrogens with one attached hydrogen (secondary N) is 1. The minimum Gasteiger partial charge on any atom is -0.465 e. The molecule has 0 spiro atoms. The van der Waals surface area contributed by atoms with Crippen LogP contribution in [-0.4, -0.2) is 36.9 Å². The van der Waals surface area contributed by atoms with E-state index in [9.17, 15) is 9.90 Å². The highest BCUT2D eigenvalue weighted by atomic mass is 16.5. The van der Waals surface area contributed by atoms with E-state index in [0.29, 0.717) is 18.8 Å². The topological polar surface area (TPSA) is 71.7 Å². The molecule has 0 aromatic carbocycles. The number of hydrogen-bond acceptors (Lipinski definition) is 4. The molecule has 5 nitrogen and oxygen atoms in total. The standard InChI is InChI=1S/C13H19NO4/c1-13(16,7-9-17-2)10-14-12(15)6-5-11-4-3-8-18-11/h3-6,8,16H,7,9-10H2,1-2H3,(H,14,15)/b6-5+. The highest BCUT2D eigenvalue weighted by Crippen LogP contribution is 2.07. The number of carbonyl (C=O) groups excluding carboxylic acids is 1. The molecule has 0 aliphatic heterocycles. The van der Waals surface area contributed by atoms with Gasteiger partial charge in [-0.3, -0.25) is 4.79 Å². The van der Waals surface area contributed by atoms with Gasteiger partial charge in [0.25, 0.3) is 0 Å². The molecule has 2 N–H and O–H groups in total. The van der Waals surface area contributed by atoms with E-state index in [0.717, 1.165) is 0 Å². The highest BCUT2D eigenvalue weighted by molar-refractivity contribution is 5.91. The molecule has 0 aliphatic carbocycles. The van der Waals surface area contributed by atoms with E-state index in [1.807, 2.05) is 0 Å². The summed E-state index contributed by atoms with van der Waals surface area (Å²) >= 11 is 0. The predicted octanol–water partition coefficient (Wildman–Crippen LogP) is 1.20. The molecule has 5 heteroatoms. The zero-order valence-electron chi connectivity index (χ0n) is 10.7. The number of methoxy groups -OCH3 is 1. The van der Waals surface area contributed by atoms with Crippen LogP contribution in [-0.2, 0) is 9.53 Å². The molecule has 0 radical (unpaired) electrons. The quantitative estimate of drug-likeness (QED) is 0.716. The third kappa shape index (κ3) is 5.65. The molecule has 0 bridgehead atoms. The second-order valence-electron chi connectivity index (χ2n) is 4.31. The number of rotatable bonds is 7. The fourth-order valence-corrected chi connectivity index (χ4v) is 1.29. The van der Waals surface area contributed by atoms with Crippen LogP contribution in [0.2, 0.25) is 0 Å². The number of ether oxygens (including phenoxy) is 1. The number of aliphatic hydroxyl groups is 1. The van der Waals surface area contributed by atoms with Crippen molar-refractivity contribution in [1.29, 1.82) is 0 Å². The second-order valence-corrected chi connectivity index (χ2v) is 4.31. The van der Waals surface area contributed by atoms with Crippen LogP contribution >= 0.6 is 0 Å². The molecular formula is C13H19NO4. The van der Waals surface area contributed by atoms with Gasteiger partial charge in [0.2, 0.25) is 5.91 Å². The summed E-state index contributed by atoms with van der Waals surface area (Å²) in [6, 6.07) is 3.49. The normalized spacial score (nSPS) is 14.6. The lowest BCUT2D eigenvalue weighted by Gasteiger charge is -2.22. The fourth-order valence-electron chi connectivity index (χ4n) is 1.29. The van der Waals surface area contributed by atoms with Crippen molar-refractivity contribution in [2.24, 2.45) is 0 Å². The van der Waals surface area contributed by atoms with Gasteiger partial charge in [0.15, 0.2) is 0 Å². The van der Waals surface area contributed by atoms with Crippen molar-refractivity contribution in [2.75, 3.05) is 20.3 Å². The molecule has 18 heavy (non-hydrogen) atoms. The van der Waals surface area contributed by atoms with E-state index < -0.39 is 5.60 Å². The van der Waals surface area contributed by atoms with Crippen molar-refractivity contribution in [1.82, 2.24) is 5.32 Å². The van der Waals surface area contributed by atoms with Gasteiger partial charge in [-0.25, -0.2) is 0 Å². The lowest BCUT2D eigenvalue weighted by atomic mass is 10.0. The molecule has 0 aliphatic rings. The van der Waals surface area contributed by atoms with E-state index in [-0.39, 0.29) is 12.5 Å². The van der Waals surface area contributed by atoms with Crippen molar-refractivity contribution in [2.45, 2.75) is 18.9 Å². The van der Waals surface area contributed by atoms with Crippen LogP contribution in [0.15, 0.2) is 28.9 Å². The number of furan rings is 1. The van der Waals surface area contributed by atoms with Crippen molar-refractivity contribution >= 4 is 12.0 Å². The van der Waals surface area contributed by atoms with Crippen LogP contribution in [0, 0.1) is 0 Å². The molecule has 0 fully saturated rings. The van der Waals surface area contributed by atoms with E-state index in [4.69, 9.17) is 9.15 Å². The molecule has 1 rings (SSSR count). The Morgan fingerprint density at radius 2 is 2.44 bits per heavy atom. The van der Waals surface area contributed by atoms with E-state index in [1.54, 1.807) is 32.2 Å². The summed E-state index contributed by atoms with van der Waals surface area (Å²) in [5, 5.41) is 12.5. The maximum absolute atomic E-state index is 11.5. The molecule has 1 heterocycles. The molecule has 0 saturated heterocycles. The zero-order valence-corrected chi connectivity index (χ0v) is 10.7. The summed E-state index contributed by atoms with van der Waals surface area (Å²) in [4.78, 5) is 11.5. The van der Waals surface area contributed by atoms with Crippen molar-refractivity contribution in [3.8, 4) is 0 Å². The smallest absolute Gasteiger partial charge is 0.244 e. The Hall–Kier alpha value is -1.59. The first-order valence-electron chi connectivity index (χ1n) is 5.74. The predicted molar refractivity (Wildman–Crippen MR) is 67.9 cm³/mol. The average Bonchev–Trinajstić information content (AvgIpc) is 2.84. The molecule has 1 atom stereocenters. The van der Waals surface area contributed by atoms with E-state index in [1.165, 1.54) is 12.3 Å². The second kappa shape index (κ2) is 6.98. The average molecular weight is 253 g/mol. The Morgan fingerprint density at radius 3 is 3.06 bits per heavy atom. The Balaban J connectivity index is 2.32. The maximum Gasteiger partial charge on any atom is 0.244 e. The van der Waals surface area contributed by atoms with Gasteiger partial charge in [0.05, 0.1) is 11.9 Å². The summed E-state index contributed by atoms with van der Waals surface area (Å²) in [5.74, 6) is 0.334. The molecule has 1 unspecified atom stereocenters. The Kier molecular flexibility index (Phi) is 5.61. The summed E-state index contributed by atoms with van der Waals surface area (Å²) in [7, 11) is 1.57. The lowest BCUT2D eigenvalue weighted by molar-refractivity contribution is -0.117. The summed E-state index contributed by atoms with van der Waals surface area (Å²) in [6.45, 7) is 2.28. The number of carbonyl (C=O) groups is 1. The van der Waals surface area contributed by atoms with Crippen LogP contribution in [0.1, 0.15) is 19.1 Å². The minimum atomic E-state index is -0.968. The summed E-state index contributed by atoms with van der Waals surface area (Å²) in [6.07, 6.45) is 4.93. The van der Waals surface area contributed by atoms with Gasteiger partial charge in [0, 0.05) is 32.8 Å². The van der Waals surface area contributed by atoms with Crippen molar-refractivity contribution in [3.05, 3.63) is 30.2 Å². The van der Waals surface area contributed by atoms with Gasteiger partial charge >= 0.3 is 0 Å². The molecule has 1 aromatic heterocycles. The third-order valence-corrected chi connectivity index (χ3v) is 2.43. The molecule has 100 valence electrons. The van der Waals surface area contributed by atoms with Gasteiger partial charge in [-0.05, 0) is 25.1 Å². The first-order valence-corrected chi connectivity index (χ1v) is 5.74. The van der Waals surface area contributed by atoms with Crippen LogP contribution in [0.25, 0.3) is 6.08 Å². The number of amides is 1. The SMILES string of the molecule is COCCC(C)(O)CNC(=O)/C=C/c1ccco1. The largest absolute Gasteiger partial charge is 0.465 e. The first kappa shape index (κ1) is 14.5. The Bertz CT molecular complexity index is 382.